The van der Waals surface area contributed by atoms with Crippen LogP contribution in [0.25, 0.3) is 0 Å². The van der Waals surface area contributed by atoms with Crippen molar-refractivity contribution in [1.29, 1.82) is 0 Å². The second-order valence-electron chi connectivity index (χ2n) is 4.96. The maximum atomic E-state index is 13.4. The molecule has 3 heteroatoms. The van der Waals surface area contributed by atoms with Crippen LogP contribution in [-0.4, -0.2) is 0 Å². The van der Waals surface area contributed by atoms with Gasteiger partial charge in [0.2, 0.25) is 0 Å². The number of aryl methyl sites for hydroxylation is 3. The topological polar surface area (TPSA) is 26.0 Å². The zero-order valence-electron chi connectivity index (χ0n) is 11.3. The van der Waals surface area contributed by atoms with E-state index in [-0.39, 0.29) is 11.9 Å². The normalized spacial score (nSPS) is 12.5. The van der Waals surface area contributed by atoms with Crippen molar-refractivity contribution in [2.75, 3.05) is 0 Å². The second kappa shape index (κ2) is 5.43. The molecule has 0 aliphatic carbocycles. The summed E-state index contributed by atoms with van der Waals surface area (Å²) in [6, 6.07) is 8.91. The molecular formula is C16H17BrFN. The van der Waals surface area contributed by atoms with Crippen LogP contribution in [0, 0.1) is 26.6 Å². The zero-order valence-corrected chi connectivity index (χ0v) is 12.9. The molecule has 0 aliphatic heterocycles. The molecule has 0 saturated carbocycles. The molecule has 0 amide bonds. The van der Waals surface area contributed by atoms with Crippen molar-refractivity contribution >= 4 is 15.9 Å². The molecule has 0 aromatic heterocycles. The van der Waals surface area contributed by atoms with Crippen molar-refractivity contribution in [3.63, 3.8) is 0 Å². The average Bonchev–Trinajstić information content (AvgIpc) is 2.26. The summed E-state index contributed by atoms with van der Waals surface area (Å²) in [4.78, 5) is 0. The van der Waals surface area contributed by atoms with Gasteiger partial charge in [-0.15, -0.1) is 0 Å². The average molecular weight is 322 g/mol. The van der Waals surface area contributed by atoms with Crippen LogP contribution in [-0.2, 0) is 0 Å². The van der Waals surface area contributed by atoms with Crippen LogP contribution >= 0.6 is 15.9 Å². The molecule has 0 heterocycles. The van der Waals surface area contributed by atoms with E-state index in [0.717, 1.165) is 26.7 Å². The summed E-state index contributed by atoms with van der Waals surface area (Å²) in [6.45, 7) is 5.83. The van der Waals surface area contributed by atoms with Gasteiger partial charge in [-0.2, -0.15) is 0 Å². The Morgan fingerprint density at radius 3 is 2.16 bits per heavy atom. The second-order valence-corrected chi connectivity index (χ2v) is 5.81. The SMILES string of the molecule is Cc1ccc(C(N)c2c(C)cc(F)cc2C)c(Br)c1. The van der Waals surface area contributed by atoms with E-state index in [1.54, 1.807) is 0 Å². The molecule has 0 radical (unpaired) electrons. The highest BCUT2D eigenvalue weighted by Crippen LogP contribution is 2.31. The predicted octanol–water partition coefficient (Wildman–Crippen LogP) is 4.56. The molecule has 2 aromatic carbocycles. The minimum absolute atomic E-state index is 0.214. The standard InChI is InChI=1S/C16H17BrFN/c1-9-4-5-13(14(17)6-9)16(19)15-10(2)7-12(18)8-11(15)3/h4-8,16H,19H2,1-3H3. The first-order chi connectivity index (χ1) is 8.90. The Balaban J connectivity index is 2.53. The molecule has 19 heavy (non-hydrogen) atoms. The van der Waals surface area contributed by atoms with Crippen LogP contribution in [0.3, 0.4) is 0 Å². The molecule has 2 aromatic rings. The van der Waals surface area contributed by atoms with E-state index in [0.29, 0.717) is 0 Å². The molecular weight excluding hydrogens is 305 g/mol. The summed E-state index contributed by atoms with van der Waals surface area (Å²) in [6.07, 6.45) is 0. The van der Waals surface area contributed by atoms with Crippen molar-refractivity contribution in [2.45, 2.75) is 26.8 Å². The summed E-state index contributed by atoms with van der Waals surface area (Å²) >= 11 is 3.55. The van der Waals surface area contributed by atoms with Crippen LogP contribution < -0.4 is 5.73 Å². The van der Waals surface area contributed by atoms with Gasteiger partial charge in [0, 0.05) is 4.47 Å². The lowest BCUT2D eigenvalue weighted by Gasteiger charge is -2.19. The summed E-state index contributed by atoms with van der Waals surface area (Å²) in [5, 5.41) is 0. The first-order valence-electron chi connectivity index (χ1n) is 6.18. The van der Waals surface area contributed by atoms with Gasteiger partial charge in [-0.1, -0.05) is 28.1 Å². The van der Waals surface area contributed by atoms with Gasteiger partial charge >= 0.3 is 0 Å². The van der Waals surface area contributed by atoms with E-state index in [1.807, 2.05) is 39.0 Å². The van der Waals surface area contributed by atoms with Gasteiger partial charge in [-0.05, 0) is 66.8 Å². The van der Waals surface area contributed by atoms with E-state index in [1.165, 1.54) is 17.7 Å². The quantitative estimate of drug-likeness (QED) is 0.862. The third kappa shape index (κ3) is 2.88. The first-order valence-corrected chi connectivity index (χ1v) is 6.97. The summed E-state index contributed by atoms with van der Waals surface area (Å²) in [7, 11) is 0. The van der Waals surface area contributed by atoms with E-state index in [2.05, 4.69) is 15.9 Å². The molecule has 1 unspecified atom stereocenters. The Hall–Kier alpha value is -1.19. The van der Waals surface area contributed by atoms with Gasteiger partial charge in [0.15, 0.2) is 0 Å². The minimum atomic E-state index is -0.254. The number of halogens is 2. The fourth-order valence-electron chi connectivity index (χ4n) is 2.45. The molecule has 0 fully saturated rings. The van der Waals surface area contributed by atoms with Crippen molar-refractivity contribution in [3.05, 3.63) is 68.4 Å². The zero-order chi connectivity index (χ0) is 14.2. The highest BCUT2D eigenvalue weighted by molar-refractivity contribution is 9.10. The van der Waals surface area contributed by atoms with Crippen molar-refractivity contribution in [2.24, 2.45) is 5.73 Å². The Kier molecular flexibility index (Phi) is 4.07. The Morgan fingerprint density at radius 2 is 1.63 bits per heavy atom. The largest absolute Gasteiger partial charge is 0.320 e. The monoisotopic (exact) mass is 321 g/mol. The van der Waals surface area contributed by atoms with Crippen LogP contribution in [0.2, 0.25) is 0 Å². The van der Waals surface area contributed by atoms with Gasteiger partial charge in [-0.25, -0.2) is 4.39 Å². The summed E-state index contributed by atoms with van der Waals surface area (Å²) in [5.74, 6) is -0.214. The van der Waals surface area contributed by atoms with Crippen molar-refractivity contribution < 1.29 is 4.39 Å². The molecule has 1 nitrogen and oxygen atoms in total. The molecule has 2 N–H and O–H groups in total. The van der Waals surface area contributed by atoms with Gasteiger partial charge in [0.05, 0.1) is 6.04 Å². The molecule has 2 rings (SSSR count). The van der Waals surface area contributed by atoms with E-state index in [9.17, 15) is 4.39 Å². The number of benzene rings is 2. The Labute approximate surface area is 121 Å². The Morgan fingerprint density at radius 1 is 1.05 bits per heavy atom. The molecule has 0 spiro atoms. The number of hydrogen-bond donors (Lipinski definition) is 1. The van der Waals surface area contributed by atoms with Crippen LogP contribution in [0.4, 0.5) is 4.39 Å². The third-order valence-electron chi connectivity index (χ3n) is 3.36. The fraction of sp³-hybridized carbons (Fsp3) is 0.250. The van der Waals surface area contributed by atoms with Gasteiger partial charge < -0.3 is 5.73 Å². The molecule has 0 aliphatic rings. The van der Waals surface area contributed by atoms with Gasteiger partial charge in [0.25, 0.3) is 0 Å². The van der Waals surface area contributed by atoms with Gasteiger partial charge in [0.1, 0.15) is 5.82 Å². The lowest BCUT2D eigenvalue weighted by Crippen LogP contribution is -2.15. The summed E-state index contributed by atoms with van der Waals surface area (Å²) < 4.78 is 14.3. The van der Waals surface area contributed by atoms with E-state index < -0.39 is 0 Å². The molecule has 100 valence electrons. The first kappa shape index (κ1) is 14.2. The predicted molar refractivity (Wildman–Crippen MR) is 80.8 cm³/mol. The molecule has 0 saturated heterocycles. The smallest absolute Gasteiger partial charge is 0.123 e. The van der Waals surface area contributed by atoms with E-state index in [4.69, 9.17) is 5.73 Å². The number of rotatable bonds is 2. The number of nitrogens with two attached hydrogens (primary N) is 1. The third-order valence-corrected chi connectivity index (χ3v) is 4.05. The maximum absolute atomic E-state index is 13.4. The van der Waals surface area contributed by atoms with E-state index >= 15 is 0 Å². The number of hydrogen-bond acceptors (Lipinski definition) is 1. The highest BCUT2D eigenvalue weighted by Gasteiger charge is 2.17. The maximum Gasteiger partial charge on any atom is 0.123 e. The van der Waals surface area contributed by atoms with Crippen molar-refractivity contribution in [1.82, 2.24) is 0 Å². The van der Waals surface area contributed by atoms with Crippen LogP contribution in [0.1, 0.15) is 33.9 Å². The Bertz CT molecular complexity index is 599. The summed E-state index contributed by atoms with van der Waals surface area (Å²) in [5.41, 5.74) is 11.3. The van der Waals surface area contributed by atoms with Crippen LogP contribution in [0.5, 0.6) is 0 Å². The minimum Gasteiger partial charge on any atom is -0.320 e. The van der Waals surface area contributed by atoms with Crippen LogP contribution in [0.15, 0.2) is 34.8 Å². The van der Waals surface area contributed by atoms with Gasteiger partial charge in [-0.3, -0.25) is 0 Å². The molecule has 0 bridgehead atoms. The lowest BCUT2D eigenvalue weighted by molar-refractivity contribution is 0.623. The highest BCUT2D eigenvalue weighted by atomic mass is 79.9. The molecule has 1 atom stereocenters. The fourth-order valence-corrected chi connectivity index (χ4v) is 3.19. The lowest BCUT2D eigenvalue weighted by atomic mass is 9.91. The van der Waals surface area contributed by atoms with Crippen molar-refractivity contribution in [3.8, 4) is 0 Å².